The van der Waals surface area contributed by atoms with Gasteiger partial charge in [0.25, 0.3) is 5.91 Å². The molecule has 0 heterocycles. The zero-order valence-corrected chi connectivity index (χ0v) is 10.3. The Labute approximate surface area is 104 Å². The number of hydrogen-bond donors (Lipinski definition) is 3. The van der Waals surface area contributed by atoms with Crippen LogP contribution in [0.25, 0.3) is 0 Å². The Kier molecular flexibility index (Phi) is 4.11. The molecule has 0 aromatic heterocycles. The van der Waals surface area contributed by atoms with Crippen molar-refractivity contribution < 1.29 is 14.3 Å². The van der Waals surface area contributed by atoms with Crippen LogP contribution in [0.15, 0.2) is 12.1 Å². The SMILES string of the molecule is COc1cc(NC(N)=S)c(C(N)=O)cc1OC. The summed E-state index contributed by atoms with van der Waals surface area (Å²) in [7, 11) is 2.94. The highest BCUT2D eigenvalue weighted by atomic mass is 32.1. The molecule has 0 atom stereocenters. The van der Waals surface area contributed by atoms with Crippen LogP contribution in [0.4, 0.5) is 5.69 Å². The van der Waals surface area contributed by atoms with E-state index in [1.165, 1.54) is 26.4 Å². The van der Waals surface area contributed by atoms with Crippen LogP contribution in [-0.4, -0.2) is 25.2 Å². The summed E-state index contributed by atoms with van der Waals surface area (Å²) in [6.45, 7) is 0. The zero-order chi connectivity index (χ0) is 13.0. The molecule has 6 nitrogen and oxygen atoms in total. The first-order valence-corrected chi connectivity index (χ1v) is 5.02. The van der Waals surface area contributed by atoms with Gasteiger partial charge in [0.05, 0.1) is 25.5 Å². The monoisotopic (exact) mass is 255 g/mol. The van der Waals surface area contributed by atoms with E-state index in [0.717, 1.165) is 0 Å². The van der Waals surface area contributed by atoms with Crippen LogP contribution in [0.3, 0.4) is 0 Å². The second-order valence-corrected chi connectivity index (χ2v) is 3.55. The number of amides is 1. The van der Waals surface area contributed by atoms with Gasteiger partial charge in [-0.2, -0.15) is 0 Å². The third-order valence-electron chi connectivity index (χ3n) is 2.05. The maximum atomic E-state index is 11.3. The van der Waals surface area contributed by atoms with E-state index < -0.39 is 5.91 Å². The van der Waals surface area contributed by atoms with Gasteiger partial charge in [-0.25, -0.2) is 0 Å². The number of rotatable bonds is 4. The highest BCUT2D eigenvalue weighted by Crippen LogP contribution is 2.33. The summed E-state index contributed by atoms with van der Waals surface area (Å²) in [6.07, 6.45) is 0. The fourth-order valence-electron chi connectivity index (χ4n) is 1.32. The Morgan fingerprint density at radius 2 is 1.76 bits per heavy atom. The van der Waals surface area contributed by atoms with E-state index in [1.54, 1.807) is 0 Å². The van der Waals surface area contributed by atoms with Gasteiger partial charge < -0.3 is 26.3 Å². The lowest BCUT2D eigenvalue weighted by Crippen LogP contribution is -2.22. The molecule has 0 radical (unpaired) electrons. The summed E-state index contributed by atoms with van der Waals surface area (Å²) in [6, 6.07) is 3.00. The Morgan fingerprint density at radius 1 is 1.24 bits per heavy atom. The molecular weight excluding hydrogens is 242 g/mol. The summed E-state index contributed by atoms with van der Waals surface area (Å²) < 4.78 is 10.2. The van der Waals surface area contributed by atoms with E-state index in [2.05, 4.69) is 5.32 Å². The van der Waals surface area contributed by atoms with Gasteiger partial charge in [0.1, 0.15) is 0 Å². The van der Waals surface area contributed by atoms with Crippen LogP contribution >= 0.6 is 12.2 Å². The third-order valence-corrected chi connectivity index (χ3v) is 2.15. The molecule has 0 saturated heterocycles. The predicted octanol–water partition coefficient (Wildman–Crippen LogP) is 0.458. The van der Waals surface area contributed by atoms with Crippen LogP contribution < -0.4 is 26.3 Å². The number of ether oxygens (including phenoxy) is 2. The molecule has 5 N–H and O–H groups in total. The molecule has 1 aromatic rings. The van der Waals surface area contributed by atoms with Gasteiger partial charge in [-0.05, 0) is 18.3 Å². The van der Waals surface area contributed by atoms with Gasteiger partial charge in [0.15, 0.2) is 16.6 Å². The average Bonchev–Trinajstić information content (AvgIpc) is 2.27. The molecule has 0 fully saturated rings. The number of nitrogens with one attached hydrogen (secondary N) is 1. The number of anilines is 1. The Hall–Kier alpha value is -2.02. The molecule has 0 aliphatic rings. The maximum absolute atomic E-state index is 11.3. The number of methoxy groups -OCH3 is 2. The average molecular weight is 255 g/mol. The lowest BCUT2D eigenvalue weighted by molar-refractivity contribution is 0.100. The molecule has 1 amide bonds. The van der Waals surface area contributed by atoms with E-state index in [9.17, 15) is 4.79 Å². The summed E-state index contributed by atoms with van der Waals surface area (Å²) in [4.78, 5) is 11.3. The summed E-state index contributed by atoms with van der Waals surface area (Å²) in [5.41, 5.74) is 11.2. The van der Waals surface area contributed by atoms with Crippen molar-refractivity contribution in [3.8, 4) is 11.5 Å². The highest BCUT2D eigenvalue weighted by Gasteiger charge is 2.15. The lowest BCUT2D eigenvalue weighted by Gasteiger charge is -2.13. The number of thiocarbonyl (C=S) groups is 1. The van der Waals surface area contributed by atoms with Crippen molar-refractivity contribution in [1.82, 2.24) is 0 Å². The molecule has 1 aromatic carbocycles. The fraction of sp³-hybridized carbons (Fsp3) is 0.200. The summed E-state index contributed by atoms with van der Waals surface area (Å²) >= 11 is 4.71. The quantitative estimate of drug-likeness (QED) is 0.676. The Morgan fingerprint density at radius 3 is 2.18 bits per heavy atom. The van der Waals surface area contributed by atoms with Gasteiger partial charge >= 0.3 is 0 Å². The molecule has 0 aliphatic carbocycles. The largest absolute Gasteiger partial charge is 0.493 e. The van der Waals surface area contributed by atoms with E-state index in [0.29, 0.717) is 17.2 Å². The van der Waals surface area contributed by atoms with Gasteiger partial charge in [-0.1, -0.05) is 0 Å². The van der Waals surface area contributed by atoms with Crippen LogP contribution in [0.1, 0.15) is 10.4 Å². The van der Waals surface area contributed by atoms with E-state index in [1.807, 2.05) is 0 Å². The van der Waals surface area contributed by atoms with Crippen molar-refractivity contribution >= 4 is 28.9 Å². The van der Waals surface area contributed by atoms with Crippen molar-refractivity contribution in [3.05, 3.63) is 17.7 Å². The normalized spacial score (nSPS) is 9.53. The number of primary amides is 1. The molecule has 0 bridgehead atoms. The maximum Gasteiger partial charge on any atom is 0.250 e. The number of benzene rings is 1. The smallest absolute Gasteiger partial charge is 0.250 e. The molecule has 7 heteroatoms. The van der Waals surface area contributed by atoms with Gasteiger partial charge in [-0.3, -0.25) is 4.79 Å². The molecule has 0 unspecified atom stereocenters. The lowest BCUT2D eigenvalue weighted by atomic mass is 10.1. The molecule has 17 heavy (non-hydrogen) atoms. The van der Waals surface area contributed by atoms with Crippen molar-refractivity contribution in [3.63, 3.8) is 0 Å². The molecule has 92 valence electrons. The number of carbonyl (C=O) groups is 1. The van der Waals surface area contributed by atoms with Gasteiger partial charge in [0.2, 0.25) is 0 Å². The van der Waals surface area contributed by atoms with Crippen LogP contribution in [-0.2, 0) is 0 Å². The topological polar surface area (TPSA) is 99.6 Å². The zero-order valence-electron chi connectivity index (χ0n) is 9.44. The van der Waals surface area contributed by atoms with E-state index >= 15 is 0 Å². The number of hydrogen-bond acceptors (Lipinski definition) is 4. The first kappa shape index (κ1) is 13.0. The summed E-state index contributed by atoms with van der Waals surface area (Å²) in [5, 5.41) is 2.68. The van der Waals surface area contributed by atoms with Gasteiger partial charge in [-0.15, -0.1) is 0 Å². The molecule has 0 aliphatic heterocycles. The second kappa shape index (κ2) is 5.35. The van der Waals surface area contributed by atoms with Crippen molar-refractivity contribution in [1.29, 1.82) is 0 Å². The van der Waals surface area contributed by atoms with Crippen molar-refractivity contribution in [2.75, 3.05) is 19.5 Å². The molecule has 1 rings (SSSR count). The minimum absolute atomic E-state index is 0.0275. The van der Waals surface area contributed by atoms with E-state index in [-0.39, 0.29) is 10.7 Å². The Balaban J connectivity index is 3.34. The van der Waals surface area contributed by atoms with Crippen LogP contribution in [0.5, 0.6) is 11.5 Å². The standard InChI is InChI=1S/C10H13N3O3S/c1-15-7-3-5(9(11)14)6(13-10(12)17)4-8(7)16-2/h3-4H,1-2H3,(H2,11,14)(H3,12,13,17). The fourth-order valence-corrected chi connectivity index (χ4v) is 1.43. The van der Waals surface area contributed by atoms with Crippen LogP contribution in [0, 0.1) is 0 Å². The first-order chi connectivity index (χ1) is 7.99. The molecule has 0 saturated carbocycles. The summed E-state index contributed by atoms with van der Waals surface area (Å²) in [5.74, 6) is 0.218. The van der Waals surface area contributed by atoms with Crippen molar-refractivity contribution in [2.24, 2.45) is 11.5 Å². The van der Waals surface area contributed by atoms with Gasteiger partial charge in [0, 0.05) is 6.07 Å². The molecular formula is C10H13N3O3S. The number of nitrogens with two attached hydrogens (primary N) is 2. The Bertz CT molecular complexity index is 462. The minimum atomic E-state index is -0.621. The number of carbonyl (C=O) groups excluding carboxylic acids is 1. The minimum Gasteiger partial charge on any atom is -0.493 e. The predicted molar refractivity (Wildman–Crippen MR) is 68.5 cm³/mol. The van der Waals surface area contributed by atoms with E-state index in [4.69, 9.17) is 33.2 Å². The third kappa shape index (κ3) is 2.97. The van der Waals surface area contributed by atoms with Crippen LogP contribution in [0.2, 0.25) is 0 Å². The van der Waals surface area contributed by atoms with Crippen molar-refractivity contribution in [2.45, 2.75) is 0 Å². The second-order valence-electron chi connectivity index (χ2n) is 3.11. The molecule has 0 spiro atoms. The highest BCUT2D eigenvalue weighted by molar-refractivity contribution is 7.80. The first-order valence-electron chi connectivity index (χ1n) is 4.62.